The van der Waals surface area contributed by atoms with Gasteiger partial charge in [-0.05, 0) is 12.6 Å². The number of allylic oxidation sites excluding steroid dienone is 1. The highest BCUT2D eigenvalue weighted by Crippen LogP contribution is 2.00. The summed E-state index contributed by atoms with van der Waals surface area (Å²) in [6, 6.07) is 0. The van der Waals surface area contributed by atoms with Crippen LogP contribution in [0.5, 0.6) is 5.88 Å². The first-order valence-corrected chi connectivity index (χ1v) is 3.52. The molecule has 0 aromatic carbocycles. The summed E-state index contributed by atoms with van der Waals surface area (Å²) in [6.07, 6.45) is 1.54. The van der Waals surface area contributed by atoms with Crippen LogP contribution in [-0.2, 0) is 6.54 Å². The van der Waals surface area contributed by atoms with Crippen molar-refractivity contribution in [2.45, 2.75) is 11.7 Å². The molecule has 0 fully saturated rings. The standard InChI is InChI=1S/C6H6N3O2S/c1-2-3-9-6(12)7-4(10)5(11)8-9/h2H,1,3H2,(H,8,11). The van der Waals surface area contributed by atoms with Crippen molar-refractivity contribution in [3.8, 4) is 5.88 Å². The first-order chi connectivity index (χ1) is 5.65. The lowest BCUT2D eigenvalue weighted by Crippen LogP contribution is -2.16. The van der Waals surface area contributed by atoms with Crippen molar-refractivity contribution in [3.05, 3.63) is 23.0 Å². The lowest BCUT2D eigenvalue weighted by Gasteiger charge is -2.01. The van der Waals surface area contributed by atoms with Gasteiger partial charge in [-0.15, -0.1) is 11.7 Å². The normalized spacial score (nSPS) is 9.67. The minimum atomic E-state index is -0.805. The lowest BCUT2D eigenvalue weighted by atomic mass is 10.6. The van der Waals surface area contributed by atoms with Gasteiger partial charge in [0.15, 0.2) is 0 Å². The molecule has 0 amide bonds. The molecule has 0 aliphatic rings. The van der Waals surface area contributed by atoms with Crippen LogP contribution in [0.15, 0.2) is 22.6 Å². The molecule has 63 valence electrons. The van der Waals surface area contributed by atoms with Crippen molar-refractivity contribution < 1.29 is 5.11 Å². The highest BCUT2D eigenvalue weighted by atomic mass is 32.1. The Hall–Kier alpha value is -1.43. The van der Waals surface area contributed by atoms with Crippen LogP contribution in [0.1, 0.15) is 0 Å². The molecule has 0 saturated heterocycles. The smallest absolute Gasteiger partial charge is 0.336 e. The summed E-state index contributed by atoms with van der Waals surface area (Å²) < 4.78 is 1.21. The maximum atomic E-state index is 10.7. The van der Waals surface area contributed by atoms with Gasteiger partial charge in [-0.25, -0.2) is 4.68 Å². The Bertz CT molecular complexity index is 360. The highest BCUT2D eigenvalue weighted by molar-refractivity contribution is 7.80. The average Bonchev–Trinajstić information content (AvgIpc) is 2.01. The summed E-state index contributed by atoms with van der Waals surface area (Å²) >= 11 is 4.70. The molecular weight excluding hydrogens is 178 g/mol. The second-order valence-corrected chi connectivity index (χ2v) is 2.36. The summed E-state index contributed by atoms with van der Waals surface area (Å²) in [7, 11) is 0. The van der Waals surface area contributed by atoms with E-state index < -0.39 is 11.4 Å². The quantitative estimate of drug-likeness (QED) is 0.661. The molecule has 6 heteroatoms. The van der Waals surface area contributed by atoms with Crippen molar-refractivity contribution in [2.75, 3.05) is 0 Å². The topological polar surface area (TPSA) is 68.0 Å². The van der Waals surface area contributed by atoms with Gasteiger partial charge in [0.1, 0.15) is 0 Å². The van der Waals surface area contributed by atoms with Gasteiger partial charge in [-0.1, -0.05) is 6.08 Å². The van der Waals surface area contributed by atoms with E-state index in [1.165, 1.54) is 10.8 Å². The maximum Gasteiger partial charge on any atom is 0.336 e. The largest absolute Gasteiger partial charge is 0.488 e. The fourth-order valence-corrected chi connectivity index (χ4v) is 0.834. The van der Waals surface area contributed by atoms with E-state index in [0.29, 0.717) is 6.54 Å². The average molecular weight is 184 g/mol. The van der Waals surface area contributed by atoms with E-state index in [4.69, 9.17) is 17.7 Å². The van der Waals surface area contributed by atoms with Crippen molar-refractivity contribution in [3.63, 3.8) is 0 Å². The molecule has 1 heterocycles. The van der Waals surface area contributed by atoms with Crippen LogP contribution in [0.25, 0.3) is 0 Å². The first-order valence-electron chi connectivity index (χ1n) is 3.11. The summed E-state index contributed by atoms with van der Waals surface area (Å²) in [5.74, 6) is -0.648. The molecule has 12 heavy (non-hydrogen) atoms. The predicted octanol–water partition coefficient (Wildman–Crippen LogP) is 0.0863. The van der Waals surface area contributed by atoms with Crippen molar-refractivity contribution in [1.82, 2.24) is 14.8 Å². The third-order valence-electron chi connectivity index (χ3n) is 1.13. The Morgan fingerprint density at radius 3 is 3.00 bits per heavy atom. The monoisotopic (exact) mass is 184 g/mol. The summed E-state index contributed by atoms with van der Waals surface area (Å²) in [4.78, 5) is 14.0. The Labute approximate surface area is 73.8 Å². The number of aromatic hydroxyl groups is 1. The second kappa shape index (κ2) is 3.31. The minimum Gasteiger partial charge on any atom is -0.488 e. The summed E-state index contributed by atoms with van der Waals surface area (Å²) in [5.41, 5.74) is -0.805. The van der Waals surface area contributed by atoms with E-state index in [1.807, 2.05) is 0 Å². The molecular formula is C6H6N3O2S. The molecule has 0 bridgehead atoms. The number of nitrogens with zero attached hydrogens (tertiary/aromatic N) is 3. The zero-order valence-corrected chi connectivity index (χ0v) is 6.91. The van der Waals surface area contributed by atoms with Gasteiger partial charge >= 0.3 is 5.56 Å². The highest BCUT2D eigenvalue weighted by Gasteiger charge is 2.04. The van der Waals surface area contributed by atoms with E-state index in [1.54, 1.807) is 0 Å². The maximum absolute atomic E-state index is 10.7. The zero-order valence-electron chi connectivity index (χ0n) is 6.10. The van der Waals surface area contributed by atoms with Crippen LogP contribution in [-0.4, -0.2) is 19.9 Å². The molecule has 5 nitrogen and oxygen atoms in total. The Kier molecular flexibility index (Phi) is 2.39. The van der Waals surface area contributed by atoms with Crippen molar-refractivity contribution in [1.29, 1.82) is 0 Å². The molecule has 1 aromatic heterocycles. The zero-order chi connectivity index (χ0) is 9.14. The molecule has 0 atom stereocenters. The van der Waals surface area contributed by atoms with Gasteiger partial charge in [-0.2, -0.15) is 4.98 Å². The molecule has 0 aliphatic carbocycles. The van der Waals surface area contributed by atoms with Crippen molar-refractivity contribution >= 4 is 12.6 Å². The number of hydrogen-bond acceptors (Lipinski definition) is 4. The van der Waals surface area contributed by atoms with Crippen LogP contribution >= 0.6 is 12.6 Å². The van der Waals surface area contributed by atoms with Gasteiger partial charge in [0.2, 0.25) is 5.16 Å². The Morgan fingerprint density at radius 2 is 2.42 bits per heavy atom. The van der Waals surface area contributed by atoms with Gasteiger partial charge in [-0.3, -0.25) is 4.79 Å². The summed E-state index contributed by atoms with van der Waals surface area (Å²) in [6.45, 7) is 3.77. The minimum absolute atomic E-state index is 0.0395. The van der Waals surface area contributed by atoms with Crippen LogP contribution in [0.4, 0.5) is 0 Å². The summed E-state index contributed by atoms with van der Waals surface area (Å²) in [5, 5.41) is 12.4. The number of hydrogen-bond donors (Lipinski definition) is 1. The van der Waals surface area contributed by atoms with E-state index in [0.717, 1.165) is 0 Å². The fourth-order valence-electron chi connectivity index (χ4n) is 0.636. The Balaban J connectivity index is 3.22. The van der Waals surface area contributed by atoms with Gasteiger partial charge in [0, 0.05) is 0 Å². The molecule has 0 unspecified atom stereocenters. The molecule has 1 radical (unpaired) electrons. The third kappa shape index (κ3) is 1.59. The van der Waals surface area contributed by atoms with E-state index in [2.05, 4.69) is 16.7 Å². The lowest BCUT2D eigenvalue weighted by molar-refractivity contribution is 0.401. The molecule has 1 rings (SSSR count). The van der Waals surface area contributed by atoms with Crippen LogP contribution in [0.3, 0.4) is 0 Å². The van der Waals surface area contributed by atoms with E-state index in [9.17, 15) is 4.79 Å². The molecule has 0 saturated carbocycles. The predicted molar refractivity (Wildman–Crippen MR) is 44.0 cm³/mol. The third-order valence-corrected chi connectivity index (χ3v) is 1.43. The first kappa shape index (κ1) is 8.66. The van der Waals surface area contributed by atoms with E-state index in [-0.39, 0.29) is 5.16 Å². The molecule has 0 spiro atoms. The molecule has 0 aliphatic heterocycles. The van der Waals surface area contributed by atoms with Crippen molar-refractivity contribution in [2.24, 2.45) is 0 Å². The van der Waals surface area contributed by atoms with Gasteiger partial charge < -0.3 is 5.11 Å². The molecule has 1 aromatic rings. The van der Waals surface area contributed by atoms with Gasteiger partial charge in [0.05, 0.1) is 6.54 Å². The Morgan fingerprint density at radius 1 is 1.75 bits per heavy atom. The van der Waals surface area contributed by atoms with Crippen LogP contribution in [0.2, 0.25) is 0 Å². The number of rotatable bonds is 2. The van der Waals surface area contributed by atoms with E-state index >= 15 is 0 Å². The fraction of sp³-hybridized carbons (Fsp3) is 0.167. The molecule has 1 N–H and O–H groups in total. The van der Waals surface area contributed by atoms with Crippen LogP contribution in [0, 0.1) is 0 Å². The SMILES string of the molecule is C=CCn1nc(O)c(=O)nc1[S]. The second-order valence-electron chi connectivity index (χ2n) is 1.99. The van der Waals surface area contributed by atoms with Crippen LogP contribution < -0.4 is 5.56 Å². The van der Waals surface area contributed by atoms with Gasteiger partial charge in [0.25, 0.3) is 5.88 Å². The number of aromatic nitrogens is 3.